The summed E-state index contributed by atoms with van der Waals surface area (Å²) in [6.45, 7) is 2.26. The smallest absolute Gasteiger partial charge is 0.253 e. The van der Waals surface area contributed by atoms with E-state index in [4.69, 9.17) is 32.7 Å². The number of methoxy groups -OCH3 is 1. The minimum Gasteiger partial charge on any atom is -0.493 e. The molecule has 0 radical (unpaired) electrons. The van der Waals surface area contributed by atoms with E-state index in [0.717, 1.165) is 24.1 Å². The minimum absolute atomic E-state index is 0.0527. The molecule has 9 heteroatoms. The van der Waals surface area contributed by atoms with Gasteiger partial charge in [-0.15, -0.1) is 0 Å². The Kier molecular flexibility index (Phi) is 10.2. The molecule has 1 saturated heterocycles. The second-order valence-electron chi connectivity index (χ2n) is 10.1. The van der Waals surface area contributed by atoms with E-state index >= 15 is 0 Å². The summed E-state index contributed by atoms with van der Waals surface area (Å²) < 4.78 is 11.4. The number of benzene rings is 3. The normalized spacial score (nSPS) is 13.6. The Morgan fingerprint density at radius 2 is 1.65 bits per heavy atom. The molecule has 0 saturated carbocycles. The highest BCUT2D eigenvalue weighted by atomic mass is 35.5. The number of hydrogen-bond acceptors (Lipinski definition) is 5. The lowest BCUT2D eigenvalue weighted by Crippen LogP contribution is -2.41. The molecule has 0 aromatic heterocycles. The van der Waals surface area contributed by atoms with E-state index in [9.17, 15) is 9.59 Å². The van der Waals surface area contributed by atoms with E-state index in [1.807, 2.05) is 54.2 Å². The monoisotopic (exact) mass is 583 g/mol. The zero-order valence-electron chi connectivity index (χ0n) is 23.1. The Labute approximate surface area is 246 Å². The maximum absolute atomic E-state index is 12.9. The summed E-state index contributed by atoms with van der Waals surface area (Å²) in [7, 11) is 5.51. The van der Waals surface area contributed by atoms with Gasteiger partial charge in [0.05, 0.1) is 13.7 Å². The van der Waals surface area contributed by atoms with Crippen molar-refractivity contribution >= 4 is 40.7 Å². The van der Waals surface area contributed by atoms with Crippen molar-refractivity contribution in [3.05, 3.63) is 87.4 Å². The minimum atomic E-state index is -0.173. The molecule has 0 aliphatic carbocycles. The summed E-state index contributed by atoms with van der Waals surface area (Å²) in [6.07, 6.45) is 2.26. The predicted molar refractivity (Wildman–Crippen MR) is 160 cm³/mol. The number of amides is 2. The molecule has 3 aromatic rings. The molecule has 4 rings (SSSR count). The molecular weight excluding hydrogens is 549 g/mol. The van der Waals surface area contributed by atoms with Gasteiger partial charge in [-0.05, 0) is 78.9 Å². The molecule has 212 valence electrons. The molecule has 1 aliphatic rings. The van der Waals surface area contributed by atoms with Crippen molar-refractivity contribution in [3.63, 3.8) is 0 Å². The van der Waals surface area contributed by atoms with Gasteiger partial charge in [-0.2, -0.15) is 0 Å². The van der Waals surface area contributed by atoms with E-state index < -0.39 is 0 Å². The van der Waals surface area contributed by atoms with Crippen LogP contribution in [0.15, 0.2) is 60.7 Å². The average Bonchev–Trinajstić information content (AvgIpc) is 2.97. The first kappa shape index (κ1) is 29.6. The van der Waals surface area contributed by atoms with Crippen LogP contribution in [-0.2, 0) is 6.42 Å². The summed E-state index contributed by atoms with van der Waals surface area (Å²) in [5.41, 5.74) is 3.18. The summed E-state index contributed by atoms with van der Waals surface area (Å²) in [5, 5.41) is 4.22. The third-order valence-electron chi connectivity index (χ3n) is 7.15. The van der Waals surface area contributed by atoms with E-state index in [0.29, 0.717) is 71.3 Å². The van der Waals surface area contributed by atoms with Crippen LogP contribution in [0.1, 0.15) is 39.1 Å². The van der Waals surface area contributed by atoms with Gasteiger partial charge in [0.25, 0.3) is 11.8 Å². The molecule has 1 fully saturated rings. The molecule has 0 bridgehead atoms. The zero-order chi connectivity index (χ0) is 28.6. The third-order valence-corrected chi connectivity index (χ3v) is 7.74. The standard InChI is InChI=1S/C31H35Cl2N3O4/c1-35(2)26-9-5-23(6-10-26)31(38)36-15-12-21(13-16-36)20-34-30(37)24-7-11-28(39-3)29(18-24)40-17-14-22-4-8-25(32)19-27(22)33/h4-11,18-19,21H,12-17,20H2,1-3H3,(H,34,37). The van der Waals surface area contributed by atoms with Crippen LogP contribution in [0.25, 0.3) is 0 Å². The maximum atomic E-state index is 12.9. The Bertz CT molecular complexity index is 1320. The number of likely N-dealkylation sites (tertiary alicyclic amines) is 1. The summed E-state index contributed by atoms with van der Waals surface area (Å²) >= 11 is 12.2. The van der Waals surface area contributed by atoms with Gasteiger partial charge in [0, 0.05) is 67.0 Å². The molecule has 1 N–H and O–H groups in total. The molecule has 0 atom stereocenters. The van der Waals surface area contributed by atoms with Gasteiger partial charge in [-0.25, -0.2) is 0 Å². The van der Waals surface area contributed by atoms with Crippen LogP contribution in [-0.4, -0.2) is 64.2 Å². The zero-order valence-corrected chi connectivity index (χ0v) is 24.6. The van der Waals surface area contributed by atoms with Crippen LogP contribution >= 0.6 is 23.2 Å². The summed E-state index contributed by atoms with van der Waals surface area (Å²) in [5.74, 6) is 1.23. The number of rotatable bonds is 10. The van der Waals surface area contributed by atoms with Gasteiger partial charge in [0.15, 0.2) is 11.5 Å². The fraction of sp³-hybridized carbons (Fsp3) is 0.355. The van der Waals surface area contributed by atoms with Crippen molar-refractivity contribution in [1.82, 2.24) is 10.2 Å². The number of hydrogen-bond donors (Lipinski definition) is 1. The summed E-state index contributed by atoms with van der Waals surface area (Å²) in [4.78, 5) is 29.8. The van der Waals surface area contributed by atoms with Gasteiger partial charge >= 0.3 is 0 Å². The van der Waals surface area contributed by atoms with Crippen LogP contribution in [0.2, 0.25) is 10.0 Å². The average molecular weight is 585 g/mol. The lowest BCUT2D eigenvalue weighted by Gasteiger charge is -2.32. The molecule has 7 nitrogen and oxygen atoms in total. The third kappa shape index (κ3) is 7.61. The van der Waals surface area contributed by atoms with Gasteiger partial charge in [0.2, 0.25) is 0 Å². The number of nitrogens with zero attached hydrogens (tertiary/aromatic N) is 2. The molecule has 40 heavy (non-hydrogen) atoms. The van der Waals surface area contributed by atoms with Crippen LogP contribution in [0.5, 0.6) is 11.5 Å². The lowest BCUT2D eigenvalue weighted by molar-refractivity contribution is 0.0684. The number of carbonyl (C=O) groups excluding carboxylic acids is 2. The van der Waals surface area contributed by atoms with Crippen molar-refractivity contribution < 1.29 is 19.1 Å². The van der Waals surface area contributed by atoms with Crippen molar-refractivity contribution in [3.8, 4) is 11.5 Å². The van der Waals surface area contributed by atoms with Crippen molar-refractivity contribution in [2.24, 2.45) is 5.92 Å². The second kappa shape index (κ2) is 13.8. The quantitative estimate of drug-likeness (QED) is 0.318. The molecule has 1 aliphatic heterocycles. The topological polar surface area (TPSA) is 71.1 Å². The highest BCUT2D eigenvalue weighted by Crippen LogP contribution is 2.29. The summed E-state index contributed by atoms with van der Waals surface area (Å²) in [6, 6.07) is 18.2. The SMILES string of the molecule is COc1ccc(C(=O)NCC2CCN(C(=O)c3ccc(N(C)C)cc3)CC2)cc1OCCc1ccc(Cl)cc1Cl. The molecule has 0 spiro atoms. The second-order valence-corrected chi connectivity index (χ2v) is 10.9. The van der Waals surface area contributed by atoms with Gasteiger partial charge in [-0.3, -0.25) is 9.59 Å². The number of carbonyl (C=O) groups is 2. The van der Waals surface area contributed by atoms with E-state index in [-0.39, 0.29) is 11.8 Å². The predicted octanol–water partition coefficient (Wildman–Crippen LogP) is 5.97. The van der Waals surface area contributed by atoms with E-state index in [2.05, 4.69) is 5.32 Å². The molecule has 3 aromatic carbocycles. The van der Waals surface area contributed by atoms with Crippen LogP contribution < -0.4 is 19.7 Å². The first-order valence-corrected chi connectivity index (χ1v) is 14.1. The first-order valence-electron chi connectivity index (χ1n) is 13.3. The first-order chi connectivity index (χ1) is 19.2. The van der Waals surface area contributed by atoms with E-state index in [1.54, 1.807) is 37.4 Å². The molecule has 0 unspecified atom stereocenters. The van der Waals surface area contributed by atoms with Gasteiger partial charge in [-0.1, -0.05) is 29.3 Å². The van der Waals surface area contributed by atoms with Gasteiger partial charge in [0.1, 0.15) is 0 Å². The number of piperidine rings is 1. The fourth-order valence-electron chi connectivity index (χ4n) is 4.69. The highest BCUT2D eigenvalue weighted by Gasteiger charge is 2.24. The van der Waals surface area contributed by atoms with Gasteiger partial charge < -0.3 is 24.6 Å². The number of ether oxygens (including phenoxy) is 2. The van der Waals surface area contributed by atoms with Crippen molar-refractivity contribution in [2.75, 3.05) is 52.3 Å². The van der Waals surface area contributed by atoms with E-state index in [1.165, 1.54) is 0 Å². The van der Waals surface area contributed by atoms with Crippen LogP contribution in [0.3, 0.4) is 0 Å². The van der Waals surface area contributed by atoms with Crippen LogP contribution in [0.4, 0.5) is 5.69 Å². The van der Waals surface area contributed by atoms with Crippen molar-refractivity contribution in [2.45, 2.75) is 19.3 Å². The van der Waals surface area contributed by atoms with Crippen molar-refractivity contribution in [1.29, 1.82) is 0 Å². The molecule has 2 amide bonds. The number of nitrogens with one attached hydrogen (secondary N) is 1. The Morgan fingerprint density at radius 3 is 2.30 bits per heavy atom. The highest BCUT2D eigenvalue weighted by molar-refractivity contribution is 6.35. The lowest BCUT2D eigenvalue weighted by atomic mass is 9.96. The Morgan fingerprint density at radius 1 is 0.950 bits per heavy atom. The largest absolute Gasteiger partial charge is 0.493 e. The van der Waals surface area contributed by atoms with Crippen LogP contribution in [0, 0.1) is 5.92 Å². The Balaban J connectivity index is 1.26. The number of halogens is 2. The Hall–Kier alpha value is -3.42. The maximum Gasteiger partial charge on any atom is 0.253 e. The fourth-order valence-corrected chi connectivity index (χ4v) is 5.19. The molecule has 1 heterocycles. The molecular formula is C31H35Cl2N3O4. The number of anilines is 1.